The van der Waals surface area contributed by atoms with Gasteiger partial charge in [-0.1, -0.05) is 24.3 Å². The van der Waals surface area contributed by atoms with Gasteiger partial charge in [0.2, 0.25) is 0 Å². The van der Waals surface area contributed by atoms with Gasteiger partial charge in [-0.05, 0) is 48.6 Å². The molecule has 1 aromatic rings. The molecule has 100 valence electrons. The number of nitrogens with zero attached hydrogens (tertiary/aromatic N) is 1. The minimum Gasteiger partial charge on any atom is -0.465 e. The second-order valence-electron chi connectivity index (χ2n) is 6.47. The highest BCUT2D eigenvalue weighted by molar-refractivity contribution is 5.65. The van der Waals surface area contributed by atoms with E-state index in [1.165, 1.54) is 18.4 Å². The van der Waals surface area contributed by atoms with Crippen LogP contribution in [0.5, 0.6) is 0 Å². The number of carboxylic acid groups (broad SMARTS) is 1. The Kier molecular flexibility index (Phi) is 2.10. The van der Waals surface area contributed by atoms with Gasteiger partial charge in [-0.3, -0.25) is 0 Å². The highest BCUT2D eigenvalue weighted by atomic mass is 16.4. The summed E-state index contributed by atoms with van der Waals surface area (Å²) in [7, 11) is 0. The molecule has 3 aliphatic rings. The van der Waals surface area contributed by atoms with E-state index in [2.05, 4.69) is 24.3 Å². The van der Waals surface area contributed by atoms with Crippen LogP contribution < -0.4 is 0 Å². The molecule has 2 spiro atoms. The maximum absolute atomic E-state index is 11.1. The third-order valence-electron chi connectivity index (χ3n) is 5.82. The first kappa shape index (κ1) is 11.3. The molecule has 0 aromatic heterocycles. The van der Waals surface area contributed by atoms with E-state index < -0.39 is 6.09 Å². The van der Waals surface area contributed by atoms with Gasteiger partial charge < -0.3 is 10.0 Å². The largest absolute Gasteiger partial charge is 0.465 e. The molecule has 2 fully saturated rings. The molecule has 0 unspecified atom stereocenters. The minimum atomic E-state index is -0.754. The van der Waals surface area contributed by atoms with Gasteiger partial charge in [0.15, 0.2) is 0 Å². The number of hydrogen-bond donors (Lipinski definition) is 1. The Labute approximate surface area is 113 Å². The Morgan fingerprint density at radius 1 is 1.11 bits per heavy atom. The smallest absolute Gasteiger partial charge is 0.407 e. The Morgan fingerprint density at radius 3 is 2.42 bits per heavy atom. The Morgan fingerprint density at radius 2 is 1.79 bits per heavy atom. The van der Waals surface area contributed by atoms with E-state index >= 15 is 0 Å². The SMILES string of the molecule is O=C(O)N1CCC2(CC1)Cc1ccccc1C21CC1. The zero-order valence-electron chi connectivity index (χ0n) is 11.1. The first-order valence-electron chi connectivity index (χ1n) is 7.23. The summed E-state index contributed by atoms with van der Waals surface area (Å²) in [5.41, 5.74) is 3.83. The van der Waals surface area contributed by atoms with Crippen molar-refractivity contribution in [3.63, 3.8) is 0 Å². The molecule has 1 heterocycles. The molecule has 0 bridgehead atoms. The Bertz CT molecular complexity index is 539. The molecule has 1 saturated heterocycles. The number of fused-ring (bicyclic) bond motifs is 3. The van der Waals surface area contributed by atoms with Gasteiger partial charge in [-0.2, -0.15) is 0 Å². The summed E-state index contributed by atoms with van der Waals surface area (Å²) in [4.78, 5) is 12.7. The summed E-state index contributed by atoms with van der Waals surface area (Å²) in [5.74, 6) is 0. The first-order valence-corrected chi connectivity index (χ1v) is 7.23. The molecule has 0 atom stereocenters. The normalized spacial score (nSPS) is 25.6. The van der Waals surface area contributed by atoms with Gasteiger partial charge in [-0.25, -0.2) is 4.79 Å². The van der Waals surface area contributed by atoms with Gasteiger partial charge in [0, 0.05) is 18.5 Å². The molecule has 1 aromatic carbocycles. The Hall–Kier alpha value is -1.51. The molecular weight excluding hydrogens is 238 g/mol. The summed E-state index contributed by atoms with van der Waals surface area (Å²) in [6.45, 7) is 1.43. The van der Waals surface area contributed by atoms with Crippen LogP contribution in [0, 0.1) is 5.41 Å². The van der Waals surface area contributed by atoms with Gasteiger partial charge in [0.05, 0.1) is 0 Å². The quantitative estimate of drug-likeness (QED) is 0.776. The summed E-state index contributed by atoms with van der Waals surface area (Å²) in [6.07, 6.45) is 5.09. The van der Waals surface area contributed by atoms with Crippen molar-refractivity contribution in [3.05, 3.63) is 35.4 Å². The highest BCUT2D eigenvalue weighted by Crippen LogP contribution is 2.69. The molecule has 1 N–H and O–H groups in total. The standard InChI is InChI=1S/C16H19NO2/c18-14(19)17-9-7-15(8-10-17)11-12-3-1-2-4-13(12)16(15)5-6-16/h1-4H,5-11H2,(H,18,19). The number of benzene rings is 1. The summed E-state index contributed by atoms with van der Waals surface area (Å²) in [5, 5.41) is 9.11. The predicted molar refractivity (Wildman–Crippen MR) is 72.3 cm³/mol. The van der Waals surface area contributed by atoms with Crippen molar-refractivity contribution in [2.45, 2.75) is 37.5 Å². The Balaban J connectivity index is 1.67. The number of likely N-dealkylation sites (tertiary alicyclic amines) is 1. The van der Waals surface area contributed by atoms with Crippen LogP contribution in [0.15, 0.2) is 24.3 Å². The van der Waals surface area contributed by atoms with Crippen LogP contribution in [0.3, 0.4) is 0 Å². The average molecular weight is 257 g/mol. The van der Waals surface area contributed by atoms with Gasteiger partial charge in [0.1, 0.15) is 0 Å². The highest BCUT2D eigenvalue weighted by Gasteiger charge is 2.64. The number of amides is 1. The molecular formula is C16H19NO2. The van der Waals surface area contributed by atoms with E-state index in [0.29, 0.717) is 23.9 Å². The molecule has 1 amide bonds. The fourth-order valence-electron chi connectivity index (χ4n) is 4.67. The monoisotopic (exact) mass is 257 g/mol. The fourth-order valence-corrected chi connectivity index (χ4v) is 4.67. The molecule has 19 heavy (non-hydrogen) atoms. The molecule has 0 radical (unpaired) electrons. The molecule has 3 heteroatoms. The van der Waals surface area contributed by atoms with E-state index in [9.17, 15) is 4.79 Å². The minimum absolute atomic E-state index is 0.350. The number of hydrogen-bond acceptors (Lipinski definition) is 1. The van der Waals surface area contributed by atoms with Crippen molar-refractivity contribution in [2.75, 3.05) is 13.1 Å². The summed E-state index contributed by atoms with van der Waals surface area (Å²) < 4.78 is 0. The lowest BCUT2D eigenvalue weighted by molar-refractivity contribution is 0.0725. The van der Waals surface area contributed by atoms with Crippen molar-refractivity contribution < 1.29 is 9.90 Å². The molecule has 3 nitrogen and oxygen atoms in total. The van der Waals surface area contributed by atoms with E-state index in [-0.39, 0.29) is 0 Å². The summed E-state index contributed by atoms with van der Waals surface area (Å²) >= 11 is 0. The molecule has 2 aliphatic carbocycles. The van der Waals surface area contributed by atoms with Crippen molar-refractivity contribution in [2.24, 2.45) is 5.41 Å². The van der Waals surface area contributed by atoms with Crippen molar-refractivity contribution in [1.82, 2.24) is 4.90 Å². The van der Waals surface area contributed by atoms with Gasteiger partial charge >= 0.3 is 6.09 Å². The zero-order chi connectivity index (χ0) is 13.1. The zero-order valence-corrected chi connectivity index (χ0v) is 11.1. The van der Waals surface area contributed by atoms with E-state index in [1.54, 1.807) is 10.5 Å². The molecule has 4 rings (SSSR count). The van der Waals surface area contributed by atoms with Crippen molar-refractivity contribution >= 4 is 6.09 Å². The van der Waals surface area contributed by atoms with Gasteiger partial charge in [0.25, 0.3) is 0 Å². The number of piperidine rings is 1. The van der Waals surface area contributed by atoms with Crippen LogP contribution in [0.1, 0.15) is 36.8 Å². The topological polar surface area (TPSA) is 40.5 Å². The van der Waals surface area contributed by atoms with E-state index in [4.69, 9.17) is 5.11 Å². The van der Waals surface area contributed by atoms with Crippen LogP contribution in [-0.2, 0) is 11.8 Å². The van der Waals surface area contributed by atoms with Gasteiger partial charge in [-0.15, -0.1) is 0 Å². The maximum atomic E-state index is 11.1. The first-order chi connectivity index (χ1) is 9.17. The number of carbonyl (C=O) groups is 1. The average Bonchev–Trinajstić information content (AvgIpc) is 3.17. The third-order valence-corrected chi connectivity index (χ3v) is 5.82. The van der Waals surface area contributed by atoms with Crippen LogP contribution in [-0.4, -0.2) is 29.2 Å². The van der Waals surface area contributed by atoms with Crippen molar-refractivity contribution in [3.8, 4) is 0 Å². The second-order valence-corrected chi connectivity index (χ2v) is 6.47. The maximum Gasteiger partial charge on any atom is 0.407 e. The van der Waals surface area contributed by atoms with Crippen LogP contribution in [0.4, 0.5) is 4.79 Å². The van der Waals surface area contributed by atoms with Crippen LogP contribution in [0.25, 0.3) is 0 Å². The molecule has 1 aliphatic heterocycles. The molecule has 1 saturated carbocycles. The fraction of sp³-hybridized carbons (Fsp3) is 0.562. The van der Waals surface area contributed by atoms with Crippen LogP contribution >= 0.6 is 0 Å². The second kappa shape index (κ2) is 3.53. The van der Waals surface area contributed by atoms with E-state index in [1.807, 2.05) is 0 Å². The number of rotatable bonds is 0. The predicted octanol–water partition coefficient (Wildman–Crippen LogP) is 3.03. The van der Waals surface area contributed by atoms with Crippen molar-refractivity contribution in [1.29, 1.82) is 0 Å². The third kappa shape index (κ3) is 1.36. The lowest BCUT2D eigenvalue weighted by Crippen LogP contribution is -2.46. The van der Waals surface area contributed by atoms with E-state index in [0.717, 1.165) is 19.3 Å². The van der Waals surface area contributed by atoms with Crippen LogP contribution in [0.2, 0.25) is 0 Å². The summed E-state index contributed by atoms with van der Waals surface area (Å²) in [6, 6.07) is 8.87. The lowest BCUT2D eigenvalue weighted by atomic mass is 9.67. The lowest BCUT2D eigenvalue weighted by Gasteiger charge is -2.43.